The standard InChI is InChI=1S/C19H22N2O5S/c1-3-27(24,25)21-16-11-7-10-15(13-16)18(22)20-17(19(23)26-2)12-14-8-5-4-6-9-14/h4-11,13,17,21H,3,12H2,1-2H3,(H,20,22). The number of ether oxygens (including phenoxy) is 1. The highest BCUT2D eigenvalue weighted by atomic mass is 32.2. The van der Waals surface area contributed by atoms with Crippen LogP contribution in [-0.2, 0) is 26.0 Å². The molecule has 0 radical (unpaired) electrons. The number of amides is 1. The van der Waals surface area contributed by atoms with E-state index < -0.39 is 27.9 Å². The lowest BCUT2D eigenvalue weighted by Gasteiger charge is -2.17. The van der Waals surface area contributed by atoms with E-state index in [1.165, 1.54) is 26.2 Å². The summed E-state index contributed by atoms with van der Waals surface area (Å²) in [5.41, 5.74) is 1.38. The van der Waals surface area contributed by atoms with Gasteiger partial charge < -0.3 is 10.1 Å². The van der Waals surface area contributed by atoms with Gasteiger partial charge in [0, 0.05) is 17.7 Å². The molecule has 2 rings (SSSR count). The zero-order valence-corrected chi connectivity index (χ0v) is 16.0. The molecule has 7 nitrogen and oxygen atoms in total. The predicted molar refractivity (Wildman–Crippen MR) is 103 cm³/mol. The molecular formula is C19H22N2O5S. The fraction of sp³-hybridized carbons (Fsp3) is 0.263. The van der Waals surface area contributed by atoms with Crippen molar-refractivity contribution >= 4 is 27.6 Å². The monoisotopic (exact) mass is 390 g/mol. The Morgan fingerprint density at radius 3 is 2.41 bits per heavy atom. The molecule has 0 saturated carbocycles. The smallest absolute Gasteiger partial charge is 0.328 e. The lowest BCUT2D eigenvalue weighted by atomic mass is 10.1. The second-order valence-corrected chi connectivity index (χ2v) is 7.84. The van der Waals surface area contributed by atoms with Gasteiger partial charge >= 0.3 is 5.97 Å². The molecule has 0 fully saturated rings. The van der Waals surface area contributed by atoms with E-state index in [4.69, 9.17) is 4.74 Å². The first-order valence-corrected chi connectivity index (χ1v) is 10.0. The highest BCUT2D eigenvalue weighted by Crippen LogP contribution is 2.13. The number of benzene rings is 2. The molecule has 1 unspecified atom stereocenters. The van der Waals surface area contributed by atoms with Crippen molar-refractivity contribution in [3.63, 3.8) is 0 Å². The van der Waals surface area contributed by atoms with Crippen molar-refractivity contribution in [3.8, 4) is 0 Å². The SMILES string of the molecule is CCS(=O)(=O)Nc1cccc(C(=O)NC(Cc2ccccc2)C(=O)OC)c1. The second-order valence-electron chi connectivity index (χ2n) is 5.83. The Kier molecular flexibility index (Phi) is 6.95. The minimum absolute atomic E-state index is 0.0785. The third-order valence-corrected chi connectivity index (χ3v) is 5.16. The van der Waals surface area contributed by atoms with Gasteiger partial charge in [-0.25, -0.2) is 13.2 Å². The van der Waals surface area contributed by atoms with Crippen LogP contribution in [0.4, 0.5) is 5.69 Å². The van der Waals surface area contributed by atoms with Crippen LogP contribution in [0.15, 0.2) is 54.6 Å². The Morgan fingerprint density at radius 2 is 1.78 bits per heavy atom. The quantitative estimate of drug-likeness (QED) is 0.671. The molecular weight excluding hydrogens is 368 g/mol. The number of hydrogen-bond donors (Lipinski definition) is 2. The maximum Gasteiger partial charge on any atom is 0.328 e. The van der Waals surface area contributed by atoms with Gasteiger partial charge in [0.2, 0.25) is 10.0 Å². The third-order valence-electron chi connectivity index (χ3n) is 3.85. The zero-order valence-electron chi connectivity index (χ0n) is 15.1. The summed E-state index contributed by atoms with van der Waals surface area (Å²) in [5.74, 6) is -1.14. The predicted octanol–water partition coefficient (Wildman–Crippen LogP) is 1.96. The first kappa shape index (κ1) is 20.4. The third kappa shape index (κ3) is 6.10. The Hall–Kier alpha value is -2.87. The number of sulfonamides is 1. The number of methoxy groups -OCH3 is 1. The van der Waals surface area contributed by atoms with Crippen LogP contribution in [0.5, 0.6) is 0 Å². The van der Waals surface area contributed by atoms with Gasteiger partial charge in [-0.05, 0) is 30.7 Å². The molecule has 2 aromatic carbocycles. The lowest BCUT2D eigenvalue weighted by molar-refractivity contribution is -0.142. The van der Waals surface area contributed by atoms with Gasteiger partial charge in [0.15, 0.2) is 0 Å². The summed E-state index contributed by atoms with van der Waals surface area (Å²) in [6, 6.07) is 14.4. The molecule has 0 aliphatic rings. The number of carbonyl (C=O) groups is 2. The van der Waals surface area contributed by atoms with E-state index in [0.717, 1.165) is 5.56 Å². The first-order chi connectivity index (χ1) is 12.8. The van der Waals surface area contributed by atoms with E-state index in [1.807, 2.05) is 30.3 Å². The summed E-state index contributed by atoms with van der Waals surface area (Å²) in [6.07, 6.45) is 0.279. The van der Waals surface area contributed by atoms with Crippen LogP contribution in [0.1, 0.15) is 22.8 Å². The average molecular weight is 390 g/mol. The van der Waals surface area contributed by atoms with Crippen molar-refractivity contribution in [3.05, 3.63) is 65.7 Å². The number of carbonyl (C=O) groups excluding carboxylic acids is 2. The summed E-state index contributed by atoms with van der Waals surface area (Å²) in [5, 5.41) is 2.65. The van der Waals surface area contributed by atoms with E-state index in [0.29, 0.717) is 0 Å². The fourth-order valence-electron chi connectivity index (χ4n) is 2.40. The fourth-order valence-corrected chi connectivity index (χ4v) is 3.03. The Labute approximate surface area is 158 Å². The van der Waals surface area contributed by atoms with Crippen molar-refractivity contribution in [1.82, 2.24) is 5.32 Å². The molecule has 0 aliphatic heterocycles. The zero-order chi connectivity index (χ0) is 19.9. The van der Waals surface area contributed by atoms with E-state index in [9.17, 15) is 18.0 Å². The maximum absolute atomic E-state index is 12.6. The maximum atomic E-state index is 12.6. The second kappa shape index (κ2) is 9.18. The van der Waals surface area contributed by atoms with Gasteiger partial charge in [-0.15, -0.1) is 0 Å². The molecule has 8 heteroatoms. The Morgan fingerprint density at radius 1 is 1.07 bits per heavy atom. The van der Waals surface area contributed by atoms with Crippen LogP contribution in [0, 0.1) is 0 Å². The van der Waals surface area contributed by atoms with Crippen molar-refractivity contribution in [2.75, 3.05) is 17.6 Å². The molecule has 1 amide bonds. The average Bonchev–Trinajstić information content (AvgIpc) is 2.67. The minimum atomic E-state index is -3.45. The number of anilines is 1. The summed E-state index contributed by atoms with van der Waals surface area (Å²) < 4.78 is 30.5. The van der Waals surface area contributed by atoms with Crippen LogP contribution in [0.2, 0.25) is 0 Å². The van der Waals surface area contributed by atoms with Crippen LogP contribution >= 0.6 is 0 Å². The van der Waals surface area contributed by atoms with Crippen molar-refractivity contribution in [1.29, 1.82) is 0 Å². The largest absolute Gasteiger partial charge is 0.467 e. The van der Waals surface area contributed by atoms with E-state index >= 15 is 0 Å². The van der Waals surface area contributed by atoms with Crippen LogP contribution in [0.3, 0.4) is 0 Å². The highest BCUT2D eigenvalue weighted by Gasteiger charge is 2.23. The molecule has 0 saturated heterocycles. The molecule has 27 heavy (non-hydrogen) atoms. The normalized spacial score (nSPS) is 12.1. The highest BCUT2D eigenvalue weighted by molar-refractivity contribution is 7.92. The number of rotatable bonds is 8. The summed E-state index contributed by atoms with van der Waals surface area (Å²) >= 11 is 0. The molecule has 0 spiro atoms. The molecule has 0 aromatic heterocycles. The minimum Gasteiger partial charge on any atom is -0.467 e. The van der Waals surface area contributed by atoms with Crippen LogP contribution in [0.25, 0.3) is 0 Å². The molecule has 0 bridgehead atoms. The molecule has 0 heterocycles. The Bertz CT molecular complexity index is 897. The van der Waals surface area contributed by atoms with E-state index in [1.54, 1.807) is 12.1 Å². The topological polar surface area (TPSA) is 102 Å². The molecule has 2 aromatic rings. The summed E-state index contributed by atoms with van der Waals surface area (Å²) in [4.78, 5) is 24.6. The van der Waals surface area contributed by atoms with Crippen molar-refractivity contribution in [2.24, 2.45) is 0 Å². The molecule has 2 N–H and O–H groups in total. The summed E-state index contributed by atoms with van der Waals surface area (Å²) in [6.45, 7) is 1.52. The Balaban J connectivity index is 2.16. The van der Waals surface area contributed by atoms with Crippen molar-refractivity contribution in [2.45, 2.75) is 19.4 Å². The van der Waals surface area contributed by atoms with Gasteiger partial charge in [-0.1, -0.05) is 36.4 Å². The number of esters is 1. The van der Waals surface area contributed by atoms with Gasteiger partial charge in [-0.3, -0.25) is 9.52 Å². The summed E-state index contributed by atoms with van der Waals surface area (Å²) in [7, 11) is -2.20. The van der Waals surface area contributed by atoms with E-state index in [2.05, 4.69) is 10.0 Å². The van der Waals surface area contributed by atoms with Gasteiger partial charge in [0.25, 0.3) is 5.91 Å². The lowest BCUT2D eigenvalue weighted by Crippen LogP contribution is -2.43. The molecule has 1 atom stereocenters. The van der Waals surface area contributed by atoms with Crippen LogP contribution in [-0.4, -0.2) is 39.2 Å². The van der Waals surface area contributed by atoms with Gasteiger partial charge in [0.1, 0.15) is 6.04 Å². The van der Waals surface area contributed by atoms with Crippen LogP contribution < -0.4 is 10.0 Å². The number of hydrogen-bond acceptors (Lipinski definition) is 5. The first-order valence-electron chi connectivity index (χ1n) is 8.38. The van der Waals surface area contributed by atoms with Crippen molar-refractivity contribution < 1.29 is 22.7 Å². The van der Waals surface area contributed by atoms with E-state index in [-0.39, 0.29) is 23.4 Å². The van der Waals surface area contributed by atoms with Gasteiger partial charge in [-0.2, -0.15) is 0 Å². The number of nitrogens with one attached hydrogen (secondary N) is 2. The molecule has 144 valence electrons. The van der Waals surface area contributed by atoms with Gasteiger partial charge in [0.05, 0.1) is 12.9 Å². The molecule has 0 aliphatic carbocycles.